The third kappa shape index (κ3) is 4.88. The van der Waals surface area contributed by atoms with Crippen LogP contribution in [0.1, 0.15) is 50.3 Å². The molecule has 0 bridgehead atoms. The third-order valence-electron chi connectivity index (χ3n) is 6.85. The molecule has 38 heavy (non-hydrogen) atoms. The van der Waals surface area contributed by atoms with Gasteiger partial charge in [-0.2, -0.15) is 0 Å². The lowest BCUT2D eigenvalue weighted by Gasteiger charge is -2.15. The van der Waals surface area contributed by atoms with Crippen molar-refractivity contribution in [3.63, 3.8) is 0 Å². The average Bonchev–Trinajstić information content (AvgIpc) is 3.65. The monoisotopic (exact) mass is 521 g/mol. The Hall–Kier alpha value is -3.79. The Balaban J connectivity index is 1.79. The summed E-state index contributed by atoms with van der Waals surface area (Å²) in [6.45, 7) is 6.10. The molecule has 1 aliphatic rings. The Labute approximate surface area is 219 Å². The van der Waals surface area contributed by atoms with Gasteiger partial charge in [0.1, 0.15) is 11.6 Å². The molecule has 200 valence electrons. The van der Waals surface area contributed by atoms with E-state index in [0.717, 1.165) is 23.0 Å². The summed E-state index contributed by atoms with van der Waals surface area (Å²) in [5.41, 5.74) is 1.42. The van der Waals surface area contributed by atoms with E-state index in [0.29, 0.717) is 35.4 Å². The summed E-state index contributed by atoms with van der Waals surface area (Å²) in [5.74, 6) is 1.04. The lowest BCUT2D eigenvalue weighted by Crippen LogP contribution is -2.41. The van der Waals surface area contributed by atoms with Crippen LogP contribution in [0.15, 0.2) is 46.1 Å². The zero-order valence-corrected chi connectivity index (χ0v) is 21.9. The third-order valence-corrected chi connectivity index (χ3v) is 6.85. The highest BCUT2D eigenvalue weighted by Crippen LogP contribution is 2.34. The highest BCUT2D eigenvalue weighted by Gasteiger charge is 2.27. The van der Waals surface area contributed by atoms with E-state index in [9.17, 15) is 19.1 Å². The molecule has 4 aromatic rings. The number of aliphatic hydroxyl groups excluding tert-OH is 1. The molecule has 0 aliphatic heterocycles. The van der Waals surface area contributed by atoms with Crippen LogP contribution < -0.4 is 16.0 Å². The first kappa shape index (κ1) is 25.8. The van der Waals surface area contributed by atoms with Gasteiger partial charge in [0.2, 0.25) is 5.88 Å². The van der Waals surface area contributed by atoms with Gasteiger partial charge < -0.3 is 14.4 Å². The van der Waals surface area contributed by atoms with Crippen LogP contribution >= 0.6 is 0 Å². The summed E-state index contributed by atoms with van der Waals surface area (Å²) in [5, 5.41) is 9.38. The van der Waals surface area contributed by atoms with Crippen molar-refractivity contribution < 1.29 is 14.2 Å². The molecule has 10 heteroatoms. The number of fused-ring (bicyclic) bond motifs is 1. The maximum Gasteiger partial charge on any atom is 0.332 e. The highest BCUT2D eigenvalue weighted by atomic mass is 19.1. The summed E-state index contributed by atoms with van der Waals surface area (Å²) in [6, 6.07) is 8.15. The number of nitrogens with zero attached hydrogens (tertiary/aromatic N) is 5. The maximum atomic E-state index is 14.0. The molecule has 0 spiro atoms. The van der Waals surface area contributed by atoms with Crippen LogP contribution in [0, 0.1) is 18.7 Å². The standard InChI is InChI=1S/C28H32FN5O4/c1-17(2)34-25-23(27(36)32(28(34)37)12-5-13-35)33(15-20-9-10-22(29)18(3)14-20)24(31-25)21-6-4-11-30-26(21)38-16-19-7-8-19/h4,6,9-11,14,17,19,35H,5,7-8,12-13,15-16H2,1-3H3. The first-order chi connectivity index (χ1) is 18.3. The minimum absolute atomic E-state index is 0.0790. The fourth-order valence-corrected chi connectivity index (χ4v) is 4.65. The van der Waals surface area contributed by atoms with E-state index in [1.807, 2.05) is 19.9 Å². The molecule has 5 rings (SSSR count). The number of imidazole rings is 1. The summed E-state index contributed by atoms with van der Waals surface area (Å²) in [7, 11) is 0. The second-order valence-electron chi connectivity index (χ2n) is 10.2. The molecule has 0 radical (unpaired) electrons. The van der Waals surface area contributed by atoms with E-state index in [1.54, 1.807) is 35.9 Å². The topological polar surface area (TPSA) is 104 Å². The number of hydrogen-bond donors (Lipinski definition) is 1. The summed E-state index contributed by atoms with van der Waals surface area (Å²) < 4.78 is 24.5. The van der Waals surface area contributed by atoms with Crippen molar-refractivity contribution in [3.05, 3.63) is 74.3 Å². The Bertz CT molecular complexity index is 1600. The van der Waals surface area contributed by atoms with E-state index in [-0.39, 0.29) is 49.1 Å². The number of ether oxygens (including phenoxy) is 1. The van der Waals surface area contributed by atoms with Crippen molar-refractivity contribution in [3.8, 4) is 17.3 Å². The zero-order valence-electron chi connectivity index (χ0n) is 21.9. The fraction of sp³-hybridized carbons (Fsp3) is 0.429. The molecule has 1 N–H and O–H groups in total. The molecule has 3 aromatic heterocycles. The number of pyridine rings is 1. The molecule has 0 saturated heterocycles. The minimum Gasteiger partial charge on any atom is -0.477 e. The van der Waals surface area contributed by atoms with Gasteiger partial charge in [0.05, 0.1) is 12.2 Å². The fourth-order valence-electron chi connectivity index (χ4n) is 4.65. The quantitative estimate of drug-likeness (QED) is 0.342. The predicted molar refractivity (Wildman–Crippen MR) is 142 cm³/mol. The number of hydrogen-bond acceptors (Lipinski definition) is 6. The second-order valence-corrected chi connectivity index (χ2v) is 10.2. The smallest absolute Gasteiger partial charge is 0.332 e. The number of benzene rings is 1. The van der Waals surface area contributed by atoms with Crippen molar-refractivity contribution in [2.24, 2.45) is 5.92 Å². The number of rotatable bonds is 10. The van der Waals surface area contributed by atoms with Gasteiger partial charge in [0, 0.05) is 31.9 Å². The van der Waals surface area contributed by atoms with Crippen molar-refractivity contribution in [1.29, 1.82) is 0 Å². The van der Waals surface area contributed by atoms with Crippen molar-refractivity contribution >= 4 is 11.2 Å². The van der Waals surface area contributed by atoms with Crippen molar-refractivity contribution in [2.45, 2.75) is 59.2 Å². The highest BCUT2D eigenvalue weighted by molar-refractivity contribution is 5.78. The molecule has 0 amide bonds. The van der Waals surface area contributed by atoms with E-state index in [4.69, 9.17) is 9.72 Å². The van der Waals surface area contributed by atoms with Crippen LogP contribution in [0.2, 0.25) is 0 Å². The van der Waals surface area contributed by atoms with Crippen LogP contribution in [0.3, 0.4) is 0 Å². The molecule has 9 nitrogen and oxygen atoms in total. The molecular weight excluding hydrogens is 489 g/mol. The van der Waals surface area contributed by atoms with Gasteiger partial charge in [0.15, 0.2) is 11.2 Å². The summed E-state index contributed by atoms with van der Waals surface area (Å²) in [6.07, 6.45) is 4.16. The normalized spacial score (nSPS) is 13.5. The molecule has 1 fully saturated rings. The van der Waals surface area contributed by atoms with Gasteiger partial charge in [0.25, 0.3) is 5.56 Å². The average molecular weight is 522 g/mol. The van der Waals surface area contributed by atoms with Crippen LogP contribution in [0.4, 0.5) is 4.39 Å². The first-order valence-electron chi connectivity index (χ1n) is 13.0. The number of halogens is 1. The van der Waals surface area contributed by atoms with Crippen molar-refractivity contribution in [2.75, 3.05) is 13.2 Å². The largest absolute Gasteiger partial charge is 0.477 e. The first-order valence-corrected chi connectivity index (χ1v) is 13.0. The molecule has 1 aliphatic carbocycles. The SMILES string of the molecule is Cc1cc(Cn2c(-c3cccnc3OCC3CC3)nc3c2c(=O)n(CCCO)c(=O)n3C(C)C)ccc1F. The van der Waals surface area contributed by atoms with Gasteiger partial charge in [-0.15, -0.1) is 0 Å². The van der Waals surface area contributed by atoms with Crippen LogP contribution in [0.5, 0.6) is 5.88 Å². The van der Waals surface area contributed by atoms with Gasteiger partial charge >= 0.3 is 5.69 Å². The number of aliphatic hydroxyl groups is 1. The lowest BCUT2D eigenvalue weighted by atomic mass is 10.1. The second kappa shape index (κ2) is 10.5. The lowest BCUT2D eigenvalue weighted by molar-refractivity contribution is 0.277. The number of aryl methyl sites for hydroxylation is 1. The minimum atomic E-state index is -0.489. The van der Waals surface area contributed by atoms with Crippen LogP contribution in [-0.2, 0) is 13.1 Å². The summed E-state index contributed by atoms with van der Waals surface area (Å²) >= 11 is 0. The zero-order chi connectivity index (χ0) is 27.0. The van der Waals surface area contributed by atoms with Gasteiger partial charge in [-0.25, -0.2) is 19.2 Å². The molecular formula is C28H32FN5O4. The molecule has 0 atom stereocenters. The molecule has 1 aromatic carbocycles. The Morgan fingerprint density at radius 2 is 1.97 bits per heavy atom. The van der Waals surface area contributed by atoms with Gasteiger partial charge in [-0.05, 0) is 75.3 Å². The molecule has 3 heterocycles. The summed E-state index contributed by atoms with van der Waals surface area (Å²) in [4.78, 5) is 36.5. The van der Waals surface area contributed by atoms with Crippen LogP contribution in [-0.4, -0.2) is 42.0 Å². The van der Waals surface area contributed by atoms with Crippen LogP contribution in [0.25, 0.3) is 22.6 Å². The van der Waals surface area contributed by atoms with Gasteiger partial charge in [-0.3, -0.25) is 13.9 Å². The van der Waals surface area contributed by atoms with E-state index < -0.39 is 11.2 Å². The Morgan fingerprint density at radius 1 is 1.18 bits per heavy atom. The maximum absolute atomic E-state index is 14.0. The van der Waals surface area contributed by atoms with Gasteiger partial charge in [-0.1, -0.05) is 12.1 Å². The molecule has 1 saturated carbocycles. The number of aromatic nitrogens is 5. The van der Waals surface area contributed by atoms with E-state index in [2.05, 4.69) is 4.98 Å². The Kier molecular flexibility index (Phi) is 7.16. The van der Waals surface area contributed by atoms with Crippen molar-refractivity contribution in [1.82, 2.24) is 23.7 Å². The molecule has 0 unspecified atom stereocenters. The van der Waals surface area contributed by atoms with E-state index in [1.165, 1.54) is 10.6 Å². The van der Waals surface area contributed by atoms with E-state index >= 15 is 0 Å². The Morgan fingerprint density at radius 3 is 2.66 bits per heavy atom. The predicted octanol–water partition coefficient (Wildman–Crippen LogP) is 3.67.